The number of hydrogen-bond acceptors (Lipinski definition) is 3. The summed E-state index contributed by atoms with van der Waals surface area (Å²) in [6.07, 6.45) is -0.170. The van der Waals surface area contributed by atoms with Gasteiger partial charge >= 0.3 is 6.09 Å². The van der Waals surface area contributed by atoms with Crippen LogP contribution in [-0.2, 0) is 29.1 Å². The van der Waals surface area contributed by atoms with Crippen LogP contribution >= 0.6 is 0 Å². The first-order chi connectivity index (χ1) is 14.6. The van der Waals surface area contributed by atoms with E-state index in [9.17, 15) is 14.0 Å². The lowest BCUT2D eigenvalue weighted by molar-refractivity contribution is -0.121. The summed E-state index contributed by atoms with van der Waals surface area (Å²) in [7, 11) is 0. The molecule has 1 atom stereocenters. The van der Waals surface area contributed by atoms with Crippen LogP contribution in [0.4, 0.5) is 14.9 Å². The Labute approximate surface area is 174 Å². The predicted octanol–water partition coefficient (Wildman–Crippen LogP) is 4.53. The summed E-state index contributed by atoms with van der Waals surface area (Å²) in [5.41, 5.74) is 3.34. The van der Waals surface area contributed by atoms with E-state index >= 15 is 0 Å². The van der Waals surface area contributed by atoms with E-state index in [1.54, 1.807) is 0 Å². The number of ether oxygens (including phenoxy) is 1. The SMILES string of the molecule is O=C(Nc1ccc(F)cc1)[C@@H]1Cc2ccccc2CN1C(=O)OCc1ccccc1. The van der Waals surface area contributed by atoms with Gasteiger partial charge in [0.1, 0.15) is 18.5 Å². The van der Waals surface area contributed by atoms with Crippen molar-refractivity contribution in [2.24, 2.45) is 0 Å². The highest BCUT2D eigenvalue weighted by Crippen LogP contribution is 2.25. The van der Waals surface area contributed by atoms with Gasteiger partial charge in [-0.05, 0) is 41.0 Å². The molecule has 1 aliphatic rings. The number of anilines is 1. The van der Waals surface area contributed by atoms with E-state index in [-0.39, 0.29) is 24.9 Å². The first-order valence-electron chi connectivity index (χ1n) is 9.71. The zero-order chi connectivity index (χ0) is 20.9. The summed E-state index contributed by atoms with van der Waals surface area (Å²) in [5, 5.41) is 2.77. The van der Waals surface area contributed by atoms with Crippen molar-refractivity contribution >= 4 is 17.7 Å². The van der Waals surface area contributed by atoms with Gasteiger partial charge in [0.05, 0.1) is 6.54 Å². The Morgan fingerprint density at radius 2 is 1.60 bits per heavy atom. The fourth-order valence-corrected chi connectivity index (χ4v) is 3.51. The molecule has 1 N–H and O–H groups in total. The summed E-state index contributed by atoms with van der Waals surface area (Å²) in [5.74, 6) is -0.724. The molecule has 0 bridgehead atoms. The molecule has 5 nitrogen and oxygen atoms in total. The van der Waals surface area contributed by atoms with Crippen LogP contribution in [0.15, 0.2) is 78.9 Å². The van der Waals surface area contributed by atoms with E-state index in [0.717, 1.165) is 16.7 Å². The van der Waals surface area contributed by atoms with Gasteiger partial charge in [0, 0.05) is 12.1 Å². The third-order valence-electron chi connectivity index (χ3n) is 5.10. The van der Waals surface area contributed by atoms with E-state index in [1.165, 1.54) is 29.2 Å². The highest BCUT2D eigenvalue weighted by molar-refractivity contribution is 5.97. The molecule has 0 aliphatic carbocycles. The molecule has 30 heavy (non-hydrogen) atoms. The molecule has 0 saturated carbocycles. The van der Waals surface area contributed by atoms with Gasteiger partial charge in [-0.1, -0.05) is 54.6 Å². The smallest absolute Gasteiger partial charge is 0.411 e. The molecule has 0 spiro atoms. The minimum atomic E-state index is -0.728. The Balaban J connectivity index is 1.52. The molecule has 2 amide bonds. The third-order valence-corrected chi connectivity index (χ3v) is 5.10. The third kappa shape index (κ3) is 4.49. The van der Waals surface area contributed by atoms with Crippen molar-refractivity contribution in [2.45, 2.75) is 25.6 Å². The van der Waals surface area contributed by atoms with Crippen molar-refractivity contribution in [3.8, 4) is 0 Å². The number of fused-ring (bicyclic) bond motifs is 1. The van der Waals surface area contributed by atoms with Gasteiger partial charge in [0.2, 0.25) is 5.91 Å². The van der Waals surface area contributed by atoms with E-state index < -0.39 is 12.1 Å². The van der Waals surface area contributed by atoms with E-state index in [2.05, 4.69) is 5.32 Å². The lowest BCUT2D eigenvalue weighted by Gasteiger charge is -2.35. The highest BCUT2D eigenvalue weighted by Gasteiger charge is 2.35. The number of nitrogens with zero attached hydrogens (tertiary/aromatic N) is 1. The molecular weight excluding hydrogens is 383 g/mol. The number of carbonyl (C=O) groups is 2. The zero-order valence-corrected chi connectivity index (χ0v) is 16.3. The summed E-state index contributed by atoms with van der Waals surface area (Å²) >= 11 is 0. The first kappa shape index (κ1) is 19.6. The predicted molar refractivity (Wildman–Crippen MR) is 111 cm³/mol. The van der Waals surface area contributed by atoms with Gasteiger partial charge in [-0.3, -0.25) is 9.69 Å². The van der Waals surface area contributed by atoms with Crippen molar-refractivity contribution < 1.29 is 18.7 Å². The fraction of sp³-hybridized carbons (Fsp3) is 0.167. The number of benzene rings is 3. The second-order valence-electron chi connectivity index (χ2n) is 7.15. The molecule has 0 radical (unpaired) electrons. The summed E-state index contributed by atoms with van der Waals surface area (Å²) in [4.78, 5) is 27.3. The molecule has 0 fully saturated rings. The van der Waals surface area contributed by atoms with Crippen molar-refractivity contribution in [1.29, 1.82) is 0 Å². The monoisotopic (exact) mass is 404 g/mol. The first-order valence-corrected chi connectivity index (χ1v) is 9.71. The number of amides is 2. The number of carbonyl (C=O) groups excluding carboxylic acids is 2. The molecule has 0 saturated heterocycles. The Kier molecular flexibility index (Phi) is 5.75. The maximum absolute atomic E-state index is 13.2. The van der Waals surface area contributed by atoms with Gasteiger partial charge in [0.25, 0.3) is 0 Å². The summed E-state index contributed by atoms with van der Waals surface area (Å²) in [6.45, 7) is 0.412. The summed E-state index contributed by atoms with van der Waals surface area (Å²) < 4.78 is 18.6. The standard InChI is InChI=1S/C24H21FN2O3/c25-20-10-12-21(13-11-20)26-23(28)22-14-18-8-4-5-9-19(18)15-27(22)24(29)30-16-17-6-2-1-3-7-17/h1-13,22H,14-16H2,(H,26,28)/t22-/m0/s1. The number of nitrogens with one attached hydrogen (secondary N) is 1. The average Bonchev–Trinajstić information content (AvgIpc) is 2.78. The van der Waals surface area contributed by atoms with Gasteiger partial charge < -0.3 is 10.1 Å². The highest BCUT2D eigenvalue weighted by atomic mass is 19.1. The van der Waals surface area contributed by atoms with Gasteiger partial charge in [-0.25, -0.2) is 9.18 Å². The quantitative estimate of drug-likeness (QED) is 0.695. The minimum absolute atomic E-state index is 0.129. The van der Waals surface area contributed by atoms with Crippen molar-refractivity contribution in [3.05, 3.63) is 101 Å². The van der Waals surface area contributed by atoms with Crippen LogP contribution in [0.5, 0.6) is 0 Å². The van der Waals surface area contributed by atoms with E-state index in [1.807, 2.05) is 54.6 Å². The lowest BCUT2D eigenvalue weighted by atomic mass is 9.94. The normalized spacial score (nSPS) is 15.2. The molecule has 152 valence electrons. The average molecular weight is 404 g/mol. The Hall–Kier alpha value is -3.67. The lowest BCUT2D eigenvalue weighted by Crippen LogP contribution is -2.50. The second-order valence-corrected chi connectivity index (χ2v) is 7.15. The van der Waals surface area contributed by atoms with Crippen molar-refractivity contribution in [1.82, 2.24) is 4.90 Å². The molecule has 3 aromatic rings. The van der Waals surface area contributed by atoms with Crippen LogP contribution < -0.4 is 5.32 Å². The Morgan fingerprint density at radius 3 is 2.33 bits per heavy atom. The van der Waals surface area contributed by atoms with Crippen LogP contribution in [0.25, 0.3) is 0 Å². The Morgan fingerprint density at radius 1 is 0.933 bits per heavy atom. The van der Waals surface area contributed by atoms with Gasteiger partial charge in [-0.15, -0.1) is 0 Å². The van der Waals surface area contributed by atoms with E-state index in [0.29, 0.717) is 12.1 Å². The van der Waals surface area contributed by atoms with Crippen molar-refractivity contribution in [2.75, 3.05) is 5.32 Å². The maximum Gasteiger partial charge on any atom is 0.411 e. The molecule has 3 aromatic carbocycles. The van der Waals surface area contributed by atoms with Crippen molar-refractivity contribution in [3.63, 3.8) is 0 Å². The maximum atomic E-state index is 13.2. The van der Waals surface area contributed by atoms with Gasteiger partial charge in [-0.2, -0.15) is 0 Å². The summed E-state index contributed by atoms with van der Waals surface area (Å²) in [6, 6.07) is 21.9. The molecule has 4 rings (SSSR count). The van der Waals surface area contributed by atoms with Crippen LogP contribution in [-0.4, -0.2) is 22.9 Å². The number of rotatable bonds is 4. The Bertz CT molecular complexity index is 1040. The molecular formula is C24H21FN2O3. The fourth-order valence-electron chi connectivity index (χ4n) is 3.51. The zero-order valence-electron chi connectivity index (χ0n) is 16.3. The van der Waals surface area contributed by atoms with Crippen LogP contribution in [0.1, 0.15) is 16.7 Å². The molecule has 1 aliphatic heterocycles. The topological polar surface area (TPSA) is 58.6 Å². The van der Waals surface area contributed by atoms with Gasteiger partial charge in [0.15, 0.2) is 0 Å². The van der Waals surface area contributed by atoms with Crippen LogP contribution in [0, 0.1) is 5.82 Å². The van der Waals surface area contributed by atoms with E-state index in [4.69, 9.17) is 4.74 Å². The number of hydrogen-bond donors (Lipinski definition) is 1. The number of halogens is 1. The largest absolute Gasteiger partial charge is 0.445 e. The molecule has 0 aromatic heterocycles. The minimum Gasteiger partial charge on any atom is -0.445 e. The molecule has 1 heterocycles. The molecule has 0 unspecified atom stereocenters. The van der Waals surface area contributed by atoms with Crippen LogP contribution in [0.3, 0.4) is 0 Å². The molecule has 6 heteroatoms. The van der Waals surface area contributed by atoms with Crippen LogP contribution in [0.2, 0.25) is 0 Å². The second kappa shape index (κ2) is 8.78.